The molecule has 0 spiro atoms. The third-order valence-electron chi connectivity index (χ3n) is 2.90. The largest absolute Gasteiger partial charge is 0.377 e. The van der Waals surface area contributed by atoms with Gasteiger partial charge in [-0.15, -0.1) is 10.2 Å². The first-order valence-electron chi connectivity index (χ1n) is 6.68. The molecule has 2 aromatic rings. The van der Waals surface area contributed by atoms with Gasteiger partial charge in [0.25, 0.3) is 5.91 Å². The van der Waals surface area contributed by atoms with E-state index in [1.165, 1.54) is 11.3 Å². The first-order valence-corrected chi connectivity index (χ1v) is 7.49. The number of anilines is 3. The Morgan fingerprint density at radius 3 is 2.76 bits per heavy atom. The lowest BCUT2D eigenvalue weighted by Crippen LogP contribution is -2.14. The number of amides is 1. The summed E-state index contributed by atoms with van der Waals surface area (Å²) in [5.41, 5.74) is 2.97. The highest BCUT2D eigenvalue weighted by atomic mass is 32.1. The molecule has 1 aromatic carbocycles. The zero-order valence-corrected chi connectivity index (χ0v) is 13.4. The Morgan fingerprint density at radius 1 is 1.33 bits per heavy atom. The van der Waals surface area contributed by atoms with Crippen molar-refractivity contribution in [3.8, 4) is 0 Å². The molecule has 21 heavy (non-hydrogen) atoms. The molecule has 0 radical (unpaired) electrons. The second-order valence-corrected chi connectivity index (χ2v) is 5.77. The summed E-state index contributed by atoms with van der Waals surface area (Å²) >= 11 is 1.24. The smallest absolute Gasteiger partial charge is 0.286 e. The molecule has 0 unspecified atom stereocenters. The van der Waals surface area contributed by atoms with Gasteiger partial charge in [-0.2, -0.15) is 0 Å². The van der Waals surface area contributed by atoms with E-state index in [0.717, 1.165) is 23.5 Å². The summed E-state index contributed by atoms with van der Waals surface area (Å²) < 4.78 is 0. The van der Waals surface area contributed by atoms with Crippen molar-refractivity contribution < 1.29 is 4.79 Å². The van der Waals surface area contributed by atoms with E-state index in [2.05, 4.69) is 20.8 Å². The molecule has 0 aliphatic carbocycles. The molecule has 0 fully saturated rings. The highest BCUT2D eigenvalue weighted by Crippen LogP contribution is 2.23. The molecule has 0 bridgehead atoms. The Balaban J connectivity index is 2.13. The summed E-state index contributed by atoms with van der Waals surface area (Å²) in [4.78, 5) is 14.2. The first-order chi connectivity index (χ1) is 10.0. The average molecular weight is 305 g/mol. The monoisotopic (exact) mass is 305 g/mol. The van der Waals surface area contributed by atoms with Crippen molar-refractivity contribution in [1.82, 2.24) is 10.2 Å². The molecule has 0 saturated carbocycles. The van der Waals surface area contributed by atoms with Crippen LogP contribution in [0, 0.1) is 6.92 Å². The van der Waals surface area contributed by atoms with Gasteiger partial charge in [0.1, 0.15) is 0 Å². The third-order valence-corrected chi connectivity index (χ3v) is 3.78. The number of hydrogen-bond donors (Lipinski definition) is 2. The summed E-state index contributed by atoms with van der Waals surface area (Å²) in [6.07, 6.45) is 0. The molecular weight excluding hydrogens is 286 g/mol. The number of nitrogens with one attached hydrogen (secondary N) is 2. The van der Waals surface area contributed by atoms with Crippen molar-refractivity contribution in [2.45, 2.75) is 13.8 Å². The molecule has 2 rings (SSSR count). The van der Waals surface area contributed by atoms with Crippen LogP contribution in [-0.4, -0.2) is 36.7 Å². The Bertz CT molecular complexity index is 638. The van der Waals surface area contributed by atoms with Gasteiger partial charge in [0.2, 0.25) is 10.1 Å². The summed E-state index contributed by atoms with van der Waals surface area (Å²) in [7, 11) is 3.95. The maximum Gasteiger partial charge on any atom is 0.286 e. The van der Waals surface area contributed by atoms with Gasteiger partial charge in [-0.1, -0.05) is 17.4 Å². The Kier molecular flexibility index (Phi) is 4.74. The molecular formula is C14H19N5OS. The number of benzene rings is 1. The number of rotatable bonds is 5. The van der Waals surface area contributed by atoms with Gasteiger partial charge >= 0.3 is 0 Å². The molecule has 1 amide bonds. The number of hydrogen-bond acceptors (Lipinski definition) is 6. The minimum absolute atomic E-state index is 0.245. The van der Waals surface area contributed by atoms with E-state index >= 15 is 0 Å². The zero-order chi connectivity index (χ0) is 15.4. The molecule has 112 valence electrons. The molecule has 0 aliphatic heterocycles. The molecule has 2 N–H and O–H groups in total. The van der Waals surface area contributed by atoms with Gasteiger partial charge in [-0.05, 0) is 31.5 Å². The standard InChI is InChI=1S/C14H19N5OS/c1-5-15-14-18-17-13(21-14)12(20)16-10-7-6-9(2)11(8-10)19(3)4/h6-8H,5H2,1-4H3,(H,15,18)(H,16,20). The fourth-order valence-electron chi connectivity index (χ4n) is 1.89. The second kappa shape index (κ2) is 6.53. The minimum atomic E-state index is -0.245. The second-order valence-electron chi connectivity index (χ2n) is 4.79. The van der Waals surface area contributed by atoms with Crippen LogP contribution < -0.4 is 15.5 Å². The van der Waals surface area contributed by atoms with E-state index in [4.69, 9.17) is 0 Å². The lowest BCUT2D eigenvalue weighted by Gasteiger charge is -2.16. The highest BCUT2D eigenvalue weighted by molar-refractivity contribution is 7.17. The fourth-order valence-corrected chi connectivity index (χ4v) is 2.60. The van der Waals surface area contributed by atoms with Crippen LogP contribution in [0.1, 0.15) is 22.3 Å². The van der Waals surface area contributed by atoms with E-state index in [-0.39, 0.29) is 5.91 Å². The molecule has 1 heterocycles. The van der Waals surface area contributed by atoms with Gasteiger partial charge in [0.05, 0.1) is 0 Å². The summed E-state index contributed by atoms with van der Waals surface area (Å²) in [5.74, 6) is -0.245. The summed E-state index contributed by atoms with van der Waals surface area (Å²) in [6.45, 7) is 4.75. The molecule has 0 saturated heterocycles. The van der Waals surface area contributed by atoms with E-state index in [9.17, 15) is 4.79 Å². The van der Waals surface area contributed by atoms with Gasteiger partial charge in [0, 0.05) is 32.0 Å². The average Bonchev–Trinajstić information content (AvgIpc) is 2.90. The maximum absolute atomic E-state index is 12.2. The molecule has 7 heteroatoms. The van der Waals surface area contributed by atoms with Gasteiger partial charge in [0.15, 0.2) is 0 Å². The molecule has 1 aromatic heterocycles. The van der Waals surface area contributed by atoms with Crippen molar-refractivity contribution in [1.29, 1.82) is 0 Å². The van der Waals surface area contributed by atoms with Crippen molar-refractivity contribution in [3.05, 3.63) is 28.8 Å². The summed E-state index contributed by atoms with van der Waals surface area (Å²) in [6, 6.07) is 5.81. The van der Waals surface area contributed by atoms with E-state index < -0.39 is 0 Å². The number of carbonyl (C=O) groups excluding carboxylic acids is 1. The van der Waals surface area contributed by atoms with Crippen LogP contribution >= 0.6 is 11.3 Å². The van der Waals surface area contributed by atoms with Gasteiger partial charge < -0.3 is 15.5 Å². The normalized spacial score (nSPS) is 10.3. The minimum Gasteiger partial charge on any atom is -0.377 e. The van der Waals surface area contributed by atoms with Gasteiger partial charge in [-0.3, -0.25) is 4.79 Å². The lowest BCUT2D eigenvalue weighted by atomic mass is 10.1. The van der Waals surface area contributed by atoms with Gasteiger partial charge in [-0.25, -0.2) is 0 Å². The fraction of sp³-hybridized carbons (Fsp3) is 0.357. The third kappa shape index (κ3) is 3.69. The van der Waals surface area contributed by atoms with Crippen LogP contribution in [0.5, 0.6) is 0 Å². The maximum atomic E-state index is 12.2. The van der Waals surface area contributed by atoms with Crippen LogP contribution in [0.25, 0.3) is 0 Å². The van der Waals surface area contributed by atoms with Crippen LogP contribution in [0.3, 0.4) is 0 Å². The predicted molar refractivity (Wildman–Crippen MR) is 87.5 cm³/mol. The van der Waals surface area contributed by atoms with E-state index in [0.29, 0.717) is 10.1 Å². The predicted octanol–water partition coefficient (Wildman–Crippen LogP) is 2.60. The Hall–Kier alpha value is -2.15. The Morgan fingerprint density at radius 2 is 2.10 bits per heavy atom. The number of aromatic nitrogens is 2. The van der Waals surface area contributed by atoms with Crippen LogP contribution in [0.2, 0.25) is 0 Å². The van der Waals surface area contributed by atoms with Crippen LogP contribution in [0.15, 0.2) is 18.2 Å². The first kappa shape index (κ1) is 15.2. The Labute approximate surface area is 128 Å². The van der Waals surface area contributed by atoms with Crippen LogP contribution in [-0.2, 0) is 0 Å². The van der Waals surface area contributed by atoms with E-state index in [1.807, 2.05) is 51.0 Å². The SMILES string of the molecule is CCNc1nnc(C(=O)Nc2ccc(C)c(N(C)C)c2)s1. The zero-order valence-electron chi connectivity index (χ0n) is 12.6. The van der Waals surface area contributed by atoms with E-state index in [1.54, 1.807) is 0 Å². The highest BCUT2D eigenvalue weighted by Gasteiger charge is 2.13. The number of nitrogens with zero attached hydrogens (tertiary/aromatic N) is 3. The van der Waals surface area contributed by atoms with Crippen molar-refractivity contribution in [2.24, 2.45) is 0 Å². The summed E-state index contributed by atoms with van der Waals surface area (Å²) in [5, 5.41) is 14.7. The van der Waals surface area contributed by atoms with Crippen molar-refractivity contribution in [3.63, 3.8) is 0 Å². The van der Waals surface area contributed by atoms with Crippen molar-refractivity contribution >= 4 is 33.8 Å². The molecule has 0 aliphatic rings. The van der Waals surface area contributed by atoms with Crippen molar-refractivity contribution in [2.75, 3.05) is 36.2 Å². The number of carbonyl (C=O) groups is 1. The van der Waals surface area contributed by atoms with Crippen LogP contribution in [0.4, 0.5) is 16.5 Å². The molecule has 0 atom stereocenters. The quantitative estimate of drug-likeness (QED) is 0.888. The molecule has 6 nitrogen and oxygen atoms in total. The topological polar surface area (TPSA) is 70.1 Å². The number of aryl methyl sites for hydroxylation is 1. The lowest BCUT2D eigenvalue weighted by molar-refractivity contribution is 0.102.